The van der Waals surface area contributed by atoms with Gasteiger partial charge in [0.2, 0.25) is 0 Å². The molecule has 2 aliphatic rings. The van der Waals surface area contributed by atoms with Crippen LogP contribution in [0.2, 0.25) is 0 Å². The molecule has 5 heteroatoms. The summed E-state index contributed by atoms with van der Waals surface area (Å²) in [5, 5.41) is 3.38. The SMILES string of the molecule is O=S(=O)(CCNC1CCSCC1)CC1CC1. The number of hydrogen-bond acceptors (Lipinski definition) is 4. The average molecular weight is 263 g/mol. The lowest BCUT2D eigenvalue weighted by atomic mass is 10.1. The van der Waals surface area contributed by atoms with Gasteiger partial charge >= 0.3 is 0 Å². The Morgan fingerprint density at radius 1 is 1.12 bits per heavy atom. The molecule has 1 aliphatic heterocycles. The molecule has 1 heterocycles. The molecule has 0 spiro atoms. The van der Waals surface area contributed by atoms with Crippen LogP contribution in [0, 0.1) is 5.92 Å². The maximum absolute atomic E-state index is 11.7. The van der Waals surface area contributed by atoms with E-state index in [0.29, 0.717) is 30.0 Å². The van der Waals surface area contributed by atoms with E-state index in [1.54, 1.807) is 0 Å². The lowest BCUT2D eigenvalue weighted by Gasteiger charge is -2.22. The van der Waals surface area contributed by atoms with E-state index in [0.717, 1.165) is 12.8 Å². The molecule has 16 heavy (non-hydrogen) atoms. The first-order valence-electron chi connectivity index (χ1n) is 6.17. The van der Waals surface area contributed by atoms with Gasteiger partial charge in [-0.05, 0) is 43.1 Å². The highest BCUT2D eigenvalue weighted by atomic mass is 32.2. The van der Waals surface area contributed by atoms with E-state index in [-0.39, 0.29) is 0 Å². The van der Waals surface area contributed by atoms with Crippen molar-refractivity contribution >= 4 is 21.6 Å². The summed E-state index contributed by atoms with van der Waals surface area (Å²) in [6.45, 7) is 0.643. The quantitative estimate of drug-likeness (QED) is 0.784. The van der Waals surface area contributed by atoms with Gasteiger partial charge in [-0.3, -0.25) is 0 Å². The minimum absolute atomic E-state index is 0.327. The standard InChI is InChI=1S/C11H21NO2S2/c13-16(14,9-10-1-2-10)8-5-12-11-3-6-15-7-4-11/h10-12H,1-9H2. The van der Waals surface area contributed by atoms with E-state index in [4.69, 9.17) is 0 Å². The van der Waals surface area contributed by atoms with Gasteiger partial charge in [-0.25, -0.2) is 8.42 Å². The molecule has 0 bridgehead atoms. The van der Waals surface area contributed by atoms with E-state index in [1.165, 1.54) is 24.3 Å². The average Bonchev–Trinajstić information content (AvgIpc) is 3.02. The van der Waals surface area contributed by atoms with Crippen LogP contribution in [-0.2, 0) is 9.84 Å². The highest BCUT2D eigenvalue weighted by molar-refractivity contribution is 7.99. The molecule has 0 radical (unpaired) electrons. The number of sulfone groups is 1. The molecule has 0 aromatic rings. The van der Waals surface area contributed by atoms with Crippen molar-refractivity contribution in [3.63, 3.8) is 0 Å². The normalized spacial score (nSPS) is 23.5. The summed E-state index contributed by atoms with van der Waals surface area (Å²) < 4.78 is 23.4. The maximum Gasteiger partial charge on any atom is 0.151 e. The van der Waals surface area contributed by atoms with Gasteiger partial charge in [0.05, 0.1) is 11.5 Å². The lowest BCUT2D eigenvalue weighted by molar-refractivity contribution is 0.495. The monoisotopic (exact) mass is 263 g/mol. The van der Waals surface area contributed by atoms with Crippen molar-refractivity contribution in [1.29, 1.82) is 0 Å². The molecular formula is C11H21NO2S2. The van der Waals surface area contributed by atoms with E-state index >= 15 is 0 Å². The Morgan fingerprint density at radius 2 is 1.81 bits per heavy atom. The number of rotatable bonds is 6. The Bertz CT molecular complexity index is 306. The first kappa shape index (κ1) is 12.7. The molecule has 2 rings (SSSR count). The second-order valence-electron chi connectivity index (χ2n) is 4.90. The molecule has 0 atom stereocenters. The van der Waals surface area contributed by atoms with Gasteiger partial charge in [0.15, 0.2) is 9.84 Å². The summed E-state index contributed by atoms with van der Waals surface area (Å²) in [5.74, 6) is 3.66. The van der Waals surface area contributed by atoms with E-state index in [2.05, 4.69) is 5.32 Å². The number of nitrogens with one attached hydrogen (secondary N) is 1. The predicted molar refractivity (Wildman–Crippen MR) is 69.7 cm³/mol. The molecule has 94 valence electrons. The van der Waals surface area contributed by atoms with Crippen LogP contribution in [0.3, 0.4) is 0 Å². The van der Waals surface area contributed by atoms with Gasteiger partial charge in [-0.1, -0.05) is 0 Å². The van der Waals surface area contributed by atoms with Crippen LogP contribution in [0.25, 0.3) is 0 Å². The third-order valence-corrected chi connectivity index (χ3v) is 6.11. The van der Waals surface area contributed by atoms with Crippen LogP contribution < -0.4 is 5.32 Å². The zero-order chi connectivity index (χ0) is 11.4. The van der Waals surface area contributed by atoms with Crippen LogP contribution in [-0.4, -0.2) is 44.0 Å². The highest BCUT2D eigenvalue weighted by Crippen LogP contribution is 2.30. The van der Waals surface area contributed by atoms with Gasteiger partial charge < -0.3 is 5.32 Å². The Kier molecular flexibility index (Phi) is 4.56. The van der Waals surface area contributed by atoms with Crippen molar-refractivity contribution in [3.05, 3.63) is 0 Å². The third kappa shape index (κ3) is 4.63. The third-order valence-electron chi connectivity index (χ3n) is 3.25. The van der Waals surface area contributed by atoms with Crippen LogP contribution in [0.15, 0.2) is 0 Å². The molecule has 1 saturated heterocycles. The molecule has 1 N–H and O–H groups in total. The first-order valence-corrected chi connectivity index (χ1v) is 9.15. The first-order chi connectivity index (χ1) is 7.66. The zero-order valence-corrected chi connectivity index (χ0v) is 11.3. The fourth-order valence-electron chi connectivity index (χ4n) is 2.05. The van der Waals surface area contributed by atoms with Gasteiger partial charge in [-0.2, -0.15) is 11.8 Å². The topological polar surface area (TPSA) is 46.2 Å². The van der Waals surface area contributed by atoms with E-state index in [9.17, 15) is 8.42 Å². The van der Waals surface area contributed by atoms with Gasteiger partial charge in [0.25, 0.3) is 0 Å². The Labute approximate surface area is 103 Å². The number of hydrogen-bond donors (Lipinski definition) is 1. The molecule has 0 aromatic carbocycles. The summed E-state index contributed by atoms with van der Waals surface area (Å²) in [5.41, 5.74) is 0. The Hall–Kier alpha value is 0.260. The fourth-order valence-corrected chi connectivity index (χ4v) is 4.80. The molecule has 1 saturated carbocycles. The largest absolute Gasteiger partial charge is 0.313 e. The molecule has 0 amide bonds. The van der Waals surface area contributed by atoms with Gasteiger partial charge in [0.1, 0.15) is 0 Å². The summed E-state index contributed by atoms with van der Waals surface area (Å²) in [6, 6.07) is 0.553. The molecule has 3 nitrogen and oxygen atoms in total. The van der Waals surface area contributed by atoms with Crippen molar-refractivity contribution in [3.8, 4) is 0 Å². The minimum atomic E-state index is -2.79. The van der Waals surface area contributed by atoms with Gasteiger partial charge in [-0.15, -0.1) is 0 Å². The van der Waals surface area contributed by atoms with Crippen LogP contribution >= 0.6 is 11.8 Å². The van der Waals surface area contributed by atoms with Crippen molar-refractivity contribution in [1.82, 2.24) is 5.32 Å². The van der Waals surface area contributed by atoms with Crippen molar-refractivity contribution in [2.75, 3.05) is 29.6 Å². The zero-order valence-electron chi connectivity index (χ0n) is 9.65. The maximum atomic E-state index is 11.7. The smallest absolute Gasteiger partial charge is 0.151 e. The van der Waals surface area contributed by atoms with Crippen molar-refractivity contribution in [2.45, 2.75) is 31.7 Å². The summed E-state index contributed by atoms with van der Waals surface area (Å²) in [7, 11) is -2.79. The lowest BCUT2D eigenvalue weighted by Crippen LogP contribution is -2.36. The summed E-state index contributed by atoms with van der Waals surface area (Å²) in [4.78, 5) is 0. The molecule has 0 aromatic heterocycles. The predicted octanol–water partition coefficient (Wildman–Crippen LogP) is 1.30. The summed E-state index contributed by atoms with van der Waals surface area (Å²) >= 11 is 2.00. The van der Waals surface area contributed by atoms with E-state index < -0.39 is 9.84 Å². The van der Waals surface area contributed by atoms with Crippen molar-refractivity contribution < 1.29 is 8.42 Å². The molecule has 0 unspecified atom stereocenters. The second-order valence-corrected chi connectivity index (χ2v) is 8.35. The van der Waals surface area contributed by atoms with Gasteiger partial charge in [0, 0.05) is 12.6 Å². The van der Waals surface area contributed by atoms with E-state index in [1.807, 2.05) is 11.8 Å². The Balaban J connectivity index is 1.62. The minimum Gasteiger partial charge on any atom is -0.313 e. The summed E-state index contributed by atoms with van der Waals surface area (Å²) in [6.07, 6.45) is 4.61. The Morgan fingerprint density at radius 3 is 2.44 bits per heavy atom. The molecule has 2 fully saturated rings. The fraction of sp³-hybridized carbons (Fsp3) is 1.00. The number of thioether (sulfide) groups is 1. The van der Waals surface area contributed by atoms with Crippen LogP contribution in [0.4, 0.5) is 0 Å². The highest BCUT2D eigenvalue weighted by Gasteiger charge is 2.27. The van der Waals surface area contributed by atoms with Crippen molar-refractivity contribution in [2.24, 2.45) is 5.92 Å². The molecule has 1 aliphatic carbocycles. The molecular weight excluding hydrogens is 242 g/mol. The van der Waals surface area contributed by atoms with Crippen LogP contribution in [0.5, 0.6) is 0 Å². The van der Waals surface area contributed by atoms with Crippen LogP contribution in [0.1, 0.15) is 25.7 Å². The second kappa shape index (κ2) is 5.74.